The molecule has 1 aliphatic heterocycles. The van der Waals surface area contributed by atoms with Gasteiger partial charge in [0.05, 0.1) is 38.0 Å². The summed E-state index contributed by atoms with van der Waals surface area (Å²) in [5, 5.41) is 2.82. The first-order valence-corrected chi connectivity index (χ1v) is 12.0. The third-order valence-corrected chi connectivity index (χ3v) is 7.01. The van der Waals surface area contributed by atoms with Crippen molar-refractivity contribution in [1.82, 2.24) is 4.90 Å². The zero-order valence-corrected chi connectivity index (χ0v) is 20.6. The van der Waals surface area contributed by atoms with Crippen molar-refractivity contribution >= 4 is 29.4 Å². The van der Waals surface area contributed by atoms with Gasteiger partial charge in [0, 0.05) is 11.7 Å². The average Bonchev–Trinajstić information content (AvgIpc) is 3.31. The van der Waals surface area contributed by atoms with Crippen LogP contribution in [0.1, 0.15) is 63.2 Å². The molecule has 2 aromatic carbocycles. The quantitative estimate of drug-likeness (QED) is 0.610. The number of fused-ring (bicyclic) bond motifs is 1. The molecule has 9 nitrogen and oxygen atoms in total. The van der Waals surface area contributed by atoms with Crippen molar-refractivity contribution in [2.45, 2.75) is 44.2 Å². The molecule has 1 saturated heterocycles. The number of nitrogens with zero attached hydrogens (tertiary/aromatic N) is 1. The van der Waals surface area contributed by atoms with E-state index < -0.39 is 18.0 Å². The molecule has 0 radical (unpaired) electrons. The highest BCUT2D eigenvalue weighted by atomic mass is 16.5. The molecule has 0 aromatic heterocycles. The van der Waals surface area contributed by atoms with Gasteiger partial charge in [-0.2, -0.15) is 0 Å². The zero-order chi connectivity index (χ0) is 25.8. The predicted molar refractivity (Wildman–Crippen MR) is 131 cm³/mol. The number of ether oxygens (including phenoxy) is 3. The van der Waals surface area contributed by atoms with Crippen LogP contribution in [-0.2, 0) is 14.3 Å². The second-order valence-electron chi connectivity index (χ2n) is 9.05. The fourth-order valence-electron chi connectivity index (χ4n) is 5.34. The number of anilines is 1. The van der Waals surface area contributed by atoms with Crippen LogP contribution >= 0.6 is 0 Å². The number of likely N-dealkylation sites (tertiary alicyclic amines) is 1. The number of nitrogens with one attached hydrogen (secondary N) is 1. The van der Waals surface area contributed by atoms with E-state index in [1.807, 2.05) is 0 Å². The van der Waals surface area contributed by atoms with Crippen LogP contribution in [0.25, 0.3) is 0 Å². The Kier molecular flexibility index (Phi) is 7.57. The third-order valence-electron chi connectivity index (χ3n) is 7.01. The number of amides is 2. The Morgan fingerprint density at radius 2 is 1.53 bits per heavy atom. The van der Waals surface area contributed by atoms with Crippen LogP contribution in [-0.4, -0.2) is 62.1 Å². The van der Waals surface area contributed by atoms with E-state index in [9.17, 15) is 19.2 Å². The number of carbonyl (C=O) groups excluding carboxylic acids is 4. The predicted octanol–water partition coefficient (Wildman–Crippen LogP) is 3.68. The minimum atomic E-state index is -0.709. The third kappa shape index (κ3) is 4.91. The first-order valence-electron chi connectivity index (χ1n) is 12.0. The Balaban J connectivity index is 1.66. The lowest BCUT2D eigenvalue weighted by atomic mass is 9.84. The molecule has 1 saturated carbocycles. The lowest BCUT2D eigenvalue weighted by Crippen LogP contribution is -2.48. The number of esters is 2. The summed E-state index contributed by atoms with van der Waals surface area (Å²) in [5.74, 6) is -1.27. The zero-order valence-electron chi connectivity index (χ0n) is 20.6. The van der Waals surface area contributed by atoms with Gasteiger partial charge in [-0.15, -0.1) is 0 Å². The molecule has 3 unspecified atom stereocenters. The molecule has 190 valence electrons. The molecular weight excluding hydrogens is 464 g/mol. The molecule has 0 bridgehead atoms. The van der Waals surface area contributed by atoms with Crippen molar-refractivity contribution < 1.29 is 33.4 Å². The highest BCUT2D eigenvalue weighted by molar-refractivity contribution is 6.04. The number of rotatable bonds is 6. The molecule has 1 N–H and O–H groups in total. The minimum Gasteiger partial charge on any atom is -0.496 e. The topological polar surface area (TPSA) is 111 Å². The first kappa shape index (κ1) is 25.2. The van der Waals surface area contributed by atoms with Crippen molar-refractivity contribution in [1.29, 1.82) is 0 Å². The number of hydrogen-bond acceptors (Lipinski definition) is 7. The first-order chi connectivity index (χ1) is 17.4. The Bertz CT molecular complexity index is 1140. The van der Waals surface area contributed by atoms with Gasteiger partial charge in [0.25, 0.3) is 5.91 Å². The number of methoxy groups -OCH3 is 3. The maximum Gasteiger partial charge on any atom is 0.337 e. The van der Waals surface area contributed by atoms with Gasteiger partial charge in [0.1, 0.15) is 11.8 Å². The van der Waals surface area contributed by atoms with Crippen LogP contribution in [0.2, 0.25) is 0 Å². The van der Waals surface area contributed by atoms with Crippen LogP contribution in [0.3, 0.4) is 0 Å². The normalized spacial score (nSPS) is 20.8. The molecule has 9 heteroatoms. The number of hydrogen-bond donors (Lipinski definition) is 1. The molecule has 2 aromatic rings. The standard InChI is InChI=1S/C27H30N2O7/c1-34-23-11-7-5-9-20(23)25(31)29-21-10-6-4-8-16(21)15-22(29)24(30)28-19-13-17(26(32)35-2)12-18(14-19)27(33)36-3/h5,7,9,11-14,16,21-22H,4,6,8,10,15H2,1-3H3,(H,28,30). The number of carbonyl (C=O) groups is 4. The van der Waals surface area contributed by atoms with Gasteiger partial charge in [0.2, 0.25) is 5.91 Å². The Labute approximate surface area is 209 Å². The lowest BCUT2D eigenvalue weighted by molar-refractivity contribution is -0.120. The average molecular weight is 495 g/mol. The molecule has 2 amide bonds. The van der Waals surface area contributed by atoms with Crippen molar-refractivity contribution in [2.24, 2.45) is 5.92 Å². The van der Waals surface area contributed by atoms with Crippen LogP contribution < -0.4 is 10.1 Å². The van der Waals surface area contributed by atoms with Crippen LogP contribution in [0, 0.1) is 5.92 Å². The molecular formula is C27H30N2O7. The Morgan fingerprint density at radius 1 is 0.889 bits per heavy atom. The van der Waals surface area contributed by atoms with Crippen molar-refractivity contribution in [3.05, 3.63) is 59.2 Å². The fraction of sp³-hybridized carbons (Fsp3) is 0.407. The van der Waals surface area contributed by atoms with Crippen molar-refractivity contribution in [3.63, 3.8) is 0 Å². The van der Waals surface area contributed by atoms with E-state index >= 15 is 0 Å². The van der Waals surface area contributed by atoms with Crippen LogP contribution in [0.4, 0.5) is 5.69 Å². The molecule has 36 heavy (non-hydrogen) atoms. The Hall–Kier alpha value is -3.88. The summed E-state index contributed by atoms with van der Waals surface area (Å²) >= 11 is 0. The van der Waals surface area contributed by atoms with Gasteiger partial charge in [-0.05, 0) is 55.5 Å². The van der Waals surface area contributed by atoms with E-state index in [2.05, 4.69) is 5.32 Å². The minimum absolute atomic E-state index is 0.0426. The fourth-order valence-corrected chi connectivity index (χ4v) is 5.34. The van der Waals surface area contributed by atoms with Gasteiger partial charge in [-0.1, -0.05) is 25.0 Å². The summed E-state index contributed by atoms with van der Waals surface area (Å²) in [6.45, 7) is 0. The van der Waals surface area contributed by atoms with Gasteiger partial charge in [-0.25, -0.2) is 9.59 Å². The monoisotopic (exact) mass is 494 g/mol. The largest absolute Gasteiger partial charge is 0.496 e. The SMILES string of the molecule is COC(=O)c1cc(NC(=O)C2CC3CCCCC3N2C(=O)c2ccccc2OC)cc(C(=O)OC)c1. The summed E-state index contributed by atoms with van der Waals surface area (Å²) in [5.41, 5.74) is 0.836. The van der Waals surface area contributed by atoms with Crippen molar-refractivity contribution in [2.75, 3.05) is 26.6 Å². The molecule has 1 heterocycles. The van der Waals surface area contributed by atoms with E-state index in [0.29, 0.717) is 17.7 Å². The highest BCUT2D eigenvalue weighted by Gasteiger charge is 2.48. The summed E-state index contributed by atoms with van der Waals surface area (Å²) < 4.78 is 15.0. The highest BCUT2D eigenvalue weighted by Crippen LogP contribution is 2.41. The van der Waals surface area contributed by atoms with E-state index in [1.54, 1.807) is 29.2 Å². The van der Waals surface area contributed by atoms with Crippen LogP contribution in [0.15, 0.2) is 42.5 Å². The van der Waals surface area contributed by atoms with Crippen molar-refractivity contribution in [3.8, 4) is 5.75 Å². The van der Waals surface area contributed by atoms with E-state index in [1.165, 1.54) is 39.5 Å². The summed E-state index contributed by atoms with van der Waals surface area (Å²) in [6, 6.07) is 10.5. The van der Waals surface area contributed by atoms with E-state index in [-0.39, 0.29) is 40.6 Å². The van der Waals surface area contributed by atoms with Gasteiger partial charge in [-0.3, -0.25) is 9.59 Å². The number of para-hydroxylation sites is 1. The van der Waals surface area contributed by atoms with Crippen LogP contribution in [0.5, 0.6) is 5.75 Å². The Morgan fingerprint density at radius 3 is 2.17 bits per heavy atom. The van der Waals surface area contributed by atoms with Gasteiger partial charge >= 0.3 is 11.9 Å². The molecule has 3 atom stereocenters. The molecule has 4 rings (SSSR count). The summed E-state index contributed by atoms with van der Waals surface area (Å²) in [6.07, 6.45) is 4.39. The summed E-state index contributed by atoms with van der Waals surface area (Å²) in [4.78, 5) is 53.3. The van der Waals surface area contributed by atoms with E-state index in [4.69, 9.17) is 14.2 Å². The lowest BCUT2D eigenvalue weighted by Gasteiger charge is -2.34. The molecule has 2 fully saturated rings. The molecule has 1 aliphatic carbocycles. The van der Waals surface area contributed by atoms with Gasteiger partial charge in [0.15, 0.2) is 0 Å². The van der Waals surface area contributed by atoms with Gasteiger partial charge < -0.3 is 24.4 Å². The maximum absolute atomic E-state index is 13.8. The molecule has 2 aliphatic rings. The second-order valence-corrected chi connectivity index (χ2v) is 9.05. The smallest absolute Gasteiger partial charge is 0.337 e. The maximum atomic E-state index is 13.8. The van der Waals surface area contributed by atoms with E-state index in [0.717, 1.165) is 25.7 Å². The summed E-state index contributed by atoms with van der Waals surface area (Å²) in [7, 11) is 3.97. The number of benzene rings is 2. The molecule has 0 spiro atoms. The second kappa shape index (κ2) is 10.8.